The van der Waals surface area contributed by atoms with Crippen LogP contribution in [0.2, 0.25) is 0 Å². The van der Waals surface area contributed by atoms with Crippen molar-refractivity contribution in [1.82, 2.24) is 5.32 Å². The lowest BCUT2D eigenvalue weighted by atomic mass is 10.1. The van der Waals surface area contributed by atoms with E-state index in [1.165, 1.54) is 11.1 Å². The molecule has 14 heavy (non-hydrogen) atoms. The minimum Gasteiger partial charge on any atom is -0.489 e. The van der Waals surface area contributed by atoms with Gasteiger partial charge in [-0.3, -0.25) is 0 Å². The Morgan fingerprint density at radius 2 is 1.93 bits per heavy atom. The molecule has 0 amide bonds. The lowest BCUT2D eigenvalue weighted by Crippen LogP contribution is -2.19. The summed E-state index contributed by atoms with van der Waals surface area (Å²) in [5.74, 6) is 1.01. The molecule has 2 rings (SSSR count). The van der Waals surface area contributed by atoms with Gasteiger partial charge < -0.3 is 10.1 Å². The molecule has 0 aliphatic carbocycles. The van der Waals surface area contributed by atoms with Crippen molar-refractivity contribution in [3.63, 3.8) is 0 Å². The van der Waals surface area contributed by atoms with Crippen LogP contribution in [0.15, 0.2) is 18.2 Å². The van der Waals surface area contributed by atoms with Gasteiger partial charge in [-0.25, -0.2) is 0 Å². The van der Waals surface area contributed by atoms with Gasteiger partial charge in [0.2, 0.25) is 0 Å². The quantitative estimate of drug-likeness (QED) is 0.772. The molecule has 1 aromatic carbocycles. The summed E-state index contributed by atoms with van der Waals surface area (Å²) in [6, 6.07) is 6.37. The largest absolute Gasteiger partial charge is 0.489 e. The van der Waals surface area contributed by atoms with E-state index < -0.39 is 0 Å². The number of rotatable bonds is 2. The average Bonchev–Trinajstić information content (AvgIpc) is 2.54. The highest BCUT2D eigenvalue weighted by molar-refractivity contribution is 5.33. The molecule has 1 aliphatic rings. The Morgan fingerprint density at radius 1 is 1.21 bits per heavy atom. The predicted octanol–water partition coefficient (Wildman–Crippen LogP) is 2.04. The van der Waals surface area contributed by atoms with Crippen molar-refractivity contribution in [3.8, 4) is 5.75 Å². The van der Waals surface area contributed by atoms with Gasteiger partial charge in [-0.1, -0.05) is 6.07 Å². The van der Waals surface area contributed by atoms with Gasteiger partial charge in [-0.15, -0.1) is 0 Å². The molecular formula is C12H17NO. The highest BCUT2D eigenvalue weighted by atomic mass is 16.5. The lowest BCUT2D eigenvalue weighted by Gasteiger charge is -2.13. The third-order valence-corrected chi connectivity index (χ3v) is 2.51. The van der Waals surface area contributed by atoms with E-state index in [-0.39, 0.29) is 0 Å². The Morgan fingerprint density at radius 3 is 2.50 bits per heavy atom. The Kier molecular flexibility index (Phi) is 2.73. The summed E-state index contributed by atoms with van der Waals surface area (Å²) >= 11 is 0. The third-order valence-electron chi connectivity index (χ3n) is 2.51. The Hall–Kier alpha value is -1.02. The van der Waals surface area contributed by atoms with Crippen LogP contribution in [-0.2, 0) is 0 Å². The summed E-state index contributed by atoms with van der Waals surface area (Å²) in [7, 11) is 0. The van der Waals surface area contributed by atoms with Gasteiger partial charge in [0.1, 0.15) is 11.9 Å². The fraction of sp³-hybridized carbons (Fsp3) is 0.500. The van der Waals surface area contributed by atoms with Gasteiger partial charge in [-0.2, -0.15) is 0 Å². The van der Waals surface area contributed by atoms with E-state index in [9.17, 15) is 0 Å². The summed E-state index contributed by atoms with van der Waals surface area (Å²) in [4.78, 5) is 0. The average molecular weight is 191 g/mol. The van der Waals surface area contributed by atoms with Crippen molar-refractivity contribution >= 4 is 0 Å². The van der Waals surface area contributed by atoms with E-state index in [0.717, 1.165) is 25.3 Å². The van der Waals surface area contributed by atoms with Crippen LogP contribution in [0.25, 0.3) is 0 Å². The molecule has 2 heteroatoms. The molecule has 2 nitrogen and oxygen atoms in total. The second-order valence-corrected chi connectivity index (χ2v) is 4.06. The number of aryl methyl sites for hydroxylation is 2. The van der Waals surface area contributed by atoms with Crippen molar-refractivity contribution in [2.75, 3.05) is 13.1 Å². The van der Waals surface area contributed by atoms with E-state index in [0.29, 0.717) is 6.10 Å². The summed E-state index contributed by atoms with van der Waals surface area (Å²) < 4.78 is 5.87. The topological polar surface area (TPSA) is 21.3 Å². The van der Waals surface area contributed by atoms with Gasteiger partial charge in [0.05, 0.1) is 0 Å². The molecular weight excluding hydrogens is 174 g/mol. The summed E-state index contributed by atoms with van der Waals surface area (Å²) in [5.41, 5.74) is 2.54. The highest BCUT2D eigenvalue weighted by Gasteiger charge is 2.15. The molecule has 0 spiro atoms. The Labute approximate surface area is 85.3 Å². The van der Waals surface area contributed by atoms with Crippen LogP contribution in [0.1, 0.15) is 17.5 Å². The van der Waals surface area contributed by atoms with Crippen molar-refractivity contribution < 1.29 is 4.74 Å². The number of benzene rings is 1. The van der Waals surface area contributed by atoms with Crippen LogP contribution < -0.4 is 10.1 Å². The van der Waals surface area contributed by atoms with Gasteiger partial charge in [0.25, 0.3) is 0 Å². The number of hydrogen-bond donors (Lipinski definition) is 1. The smallest absolute Gasteiger partial charge is 0.120 e. The molecule has 1 N–H and O–H groups in total. The SMILES string of the molecule is Cc1cc(C)cc(O[C@@H]2CCNC2)c1. The first-order valence-electron chi connectivity index (χ1n) is 5.20. The maximum atomic E-state index is 5.87. The zero-order valence-electron chi connectivity index (χ0n) is 8.84. The number of hydrogen-bond acceptors (Lipinski definition) is 2. The van der Waals surface area contributed by atoms with Gasteiger partial charge in [-0.05, 0) is 50.1 Å². The lowest BCUT2D eigenvalue weighted by molar-refractivity contribution is 0.223. The van der Waals surface area contributed by atoms with Crippen LogP contribution in [0.3, 0.4) is 0 Å². The van der Waals surface area contributed by atoms with Crippen molar-refractivity contribution in [1.29, 1.82) is 0 Å². The van der Waals surface area contributed by atoms with Crippen molar-refractivity contribution in [3.05, 3.63) is 29.3 Å². The zero-order chi connectivity index (χ0) is 9.97. The number of ether oxygens (including phenoxy) is 1. The van der Waals surface area contributed by atoms with Crippen LogP contribution in [0.5, 0.6) is 5.75 Å². The fourth-order valence-electron chi connectivity index (χ4n) is 1.92. The van der Waals surface area contributed by atoms with Crippen molar-refractivity contribution in [2.24, 2.45) is 0 Å². The van der Waals surface area contributed by atoms with E-state index in [4.69, 9.17) is 4.74 Å². The first-order chi connectivity index (χ1) is 6.74. The van der Waals surface area contributed by atoms with Crippen LogP contribution in [0.4, 0.5) is 0 Å². The molecule has 0 saturated carbocycles. The highest BCUT2D eigenvalue weighted by Crippen LogP contribution is 2.19. The number of nitrogens with one attached hydrogen (secondary N) is 1. The maximum Gasteiger partial charge on any atom is 0.120 e. The standard InChI is InChI=1S/C12H17NO/c1-9-5-10(2)7-12(6-9)14-11-3-4-13-8-11/h5-7,11,13H,3-4,8H2,1-2H3/t11-/m1/s1. The van der Waals surface area contributed by atoms with E-state index >= 15 is 0 Å². The molecule has 1 aliphatic heterocycles. The normalized spacial score (nSPS) is 21.1. The first-order valence-corrected chi connectivity index (χ1v) is 5.20. The Bertz CT molecular complexity index is 296. The van der Waals surface area contributed by atoms with Gasteiger partial charge >= 0.3 is 0 Å². The molecule has 0 radical (unpaired) electrons. The Balaban J connectivity index is 2.07. The second-order valence-electron chi connectivity index (χ2n) is 4.06. The summed E-state index contributed by atoms with van der Waals surface area (Å²) in [5, 5.41) is 3.30. The fourth-order valence-corrected chi connectivity index (χ4v) is 1.92. The maximum absolute atomic E-state index is 5.87. The second kappa shape index (κ2) is 4.01. The van der Waals surface area contributed by atoms with E-state index in [1.807, 2.05) is 0 Å². The van der Waals surface area contributed by atoms with E-state index in [2.05, 4.69) is 37.4 Å². The monoisotopic (exact) mass is 191 g/mol. The molecule has 1 fully saturated rings. The summed E-state index contributed by atoms with van der Waals surface area (Å²) in [6.07, 6.45) is 1.48. The summed E-state index contributed by atoms with van der Waals surface area (Å²) in [6.45, 7) is 6.27. The molecule has 0 unspecified atom stereocenters. The molecule has 0 bridgehead atoms. The van der Waals surface area contributed by atoms with Crippen LogP contribution in [0, 0.1) is 13.8 Å². The molecule has 1 aromatic rings. The molecule has 1 saturated heterocycles. The first kappa shape index (κ1) is 9.53. The van der Waals surface area contributed by atoms with Crippen LogP contribution >= 0.6 is 0 Å². The van der Waals surface area contributed by atoms with Gasteiger partial charge in [0.15, 0.2) is 0 Å². The van der Waals surface area contributed by atoms with Gasteiger partial charge in [0, 0.05) is 6.54 Å². The molecule has 76 valence electrons. The minimum absolute atomic E-state index is 0.358. The van der Waals surface area contributed by atoms with Crippen molar-refractivity contribution in [2.45, 2.75) is 26.4 Å². The predicted molar refractivity (Wildman–Crippen MR) is 57.8 cm³/mol. The zero-order valence-corrected chi connectivity index (χ0v) is 8.84. The minimum atomic E-state index is 0.358. The molecule has 1 atom stereocenters. The third kappa shape index (κ3) is 2.26. The molecule has 1 heterocycles. The van der Waals surface area contributed by atoms with E-state index in [1.54, 1.807) is 0 Å². The molecule has 0 aromatic heterocycles. The van der Waals surface area contributed by atoms with Crippen LogP contribution in [-0.4, -0.2) is 19.2 Å².